The molecule has 8 heteroatoms. The molecule has 1 aromatic heterocycles. The highest BCUT2D eigenvalue weighted by molar-refractivity contribution is 9.10. The molecule has 0 amide bonds. The zero-order valence-electron chi connectivity index (χ0n) is 9.77. The predicted octanol–water partition coefficient (Wildman–Crippen LogP) is 2.21. The number of carboxylic acids is 1. The highest BCUT2D eigenvalue weighted by atomic mass is 79.9. The molecule has 1 heterocycles. The van der Waals surface area contributed by atoms with E-state index in [4.69, 9.17) is 9.52 Å². The molecule has 0 aliphatic carbocycles. The lowest BCUT2D eigenvalue weighted by molar-refractivity contribution is 0.0661. The average Bonchev–Trinajstić information content (AvgIpc) is 2.68. The van der Waals surface area contributed by atoms with Gasteiger partial charge in [0.2, 0.25) is 15.8 Å². The number of carboxylic acid groups (broad SMARTS) is 1. The van der Waals surface area contributed by atoms with Crippen molar-refractivity contribution in [2.45, 2.75) is 31.1 Å². The van der Waals surface area contributed by atoms with Crippen LogP contribution in [-0.4, -0.2) is 26.0 Å². The minimum Gasteiger partial charge on any atom is -0.475 e. The lowest BCUT2D eigenvalue weighted by atomic mass is 10.3. The topological polar surface area (TPSA) is 96.6 Å². The minimum absolute atomic E-state index is 0.108. The Morgan fingerprint density at radius 1 is 1.50 bits per heavy atom. The van der Waals surface area contributed by atoms with Crippen molar-refractivity contribution in [3.8, 4) is 0 Å². The van der Waals surface area contributed by atoms with Crippen molar-refractivity contribution < 1.29 is 22.7 Å². The van der Waals surface area contributed by atoms with Gasteiger partial charge in [0.05, 0.1) is 0 Å². The second-order valence-corrected chi connectivity index (χ2v) is 6.11. The third-order valence-electron chi connectivity index (χ3n) is 2.23. The Balaban J connectivity index is 2.81. The number of halogens is 1. The summed E-state index contributed by atoms with van der Waals surface area (Å²) in [5.74, 6) is -1.74. The second kappa shape index (κ2) is 6.35. The summed E-state index contributed by atoms with van der Waals surface area (Å²) in [7, 11) is -3.74. The van der Waals surface area contributed by atoms with E-state index in [0.717, 1.165) is 25.3 Å². The van der Waals surface area contributed by atoms with Gasteiger partial charge in [0, 0.05) is 12.6 Å². The largest absolute Gasteiger partial charge is 0.475 e. The van der Waals surface area contributed by atoms with E-state index in [9.17, 15) is 13.2 Å². The molecule has 0 saturated heterocycles. The van der Waals surface area contributed by atoms with Gasteiger partial charge in [-0.25, -0.2) is 17.9 Å². The Morgan fingerprint density at radius 2 is 2.17 bits per heavy atom. The van der Waals surface area contributed by atoms with Gasteiger partial charge < -0.3 is 9.52 Å². The standard InChI is InChI=1S/C10H14BrNO5S/c1-2-3-4-5-12-18(15,16)8-6-7(10(13)14)17-9(8)11/h6,12H,2-5H2,1H3,(H,13,14). The van der Waals surface area contributed by atoms with Crippen LogP contribution < -0.4 is 4.72 Å². The van der Waals surface area contributed by atoms with Crippen molar-refractivity contribution in [3.05, 3.63) is 16.5 Å². The number of rotatable bonds is 7. The molecule has 0 aliphatic rings. The van der Waals surface area contributed by atoms with Crippen LogP contribution in [0.15, 0.2) is 20.0 Å². The third kappa shape index (κ3) is 3.82. The molecule has 1 rings (SSSR count). The number of aromatic carboxylic acids is 1. The summed E-state index contributed by atoms with van der Waals surface area (Å²) in [6.07, 6.45) is 2.65. The molecular formula is C10H14BrNO5S. The van der Waals surface area contributed by atoms with Gasteiger partial charge in [-0.3, -0.25) is 0 Å². The zero-order valence-corrected chi connectivity index (χ0v) is 12.2. The molecule has 0 unspecified atom stereocenters. The number of unbranched alkanes of at least 4 members (excludes halogenated alkanes) is 2. The first kappa shape index (κ1) is 15.2. The Hall–Kier alpha value is -0.860. The average molecular weight is 340 g/mol. The molecule has 0 aliphatic heterocycles. The van der Waals surface area contributed by atoms with Gasteiger partial charge in [-0.1, -0.05) is 19.8 Å². The lowest BCUT2D eigenvalue weighted by Crippen LogP contribution is -2.24. The quantitative estimate of drug-likeness (QED) is 0.742. The van der Waals surface area contributed by atoms with Gasteiger partial charge in [0.1, 0.15) is 4.90 Å². The molecule has 0 fully saturated rings. The maximum Gasteiger partial charge on any atom is 0.371 e. The van der Waals surface area contributed by atoms with E-state index in [2.05, 4.69) is 20.7 Å². The highest BCUT2D eigenvalue weighted by Gasteiger charge is 2.24. The SMILES string of the molecule is CCCCCNS(=O)(=O)c1cc(C(=O)O)oc1Br. The number of furan rings is 1. The molecule has 102 valence electrons. The van der Waals surface area contributed by atoms with Crippen molar-refractivity contribution in [2.24, 2.45) is 0 Å². The maximum absolute atomic E-state index is 11.9. The van der Waals surface area contributed by atoms with Crippen LogP contribution in [0, 0.1) is 0 Å². The number of hydrogen-bond donors (Lipinski definition) is 2. The Kier molecular flexibility index (Phi) is 5.36. The monoisotopic (exact) mass is 339 g/mol. The van der Waals surface area contributed by atoms with Crippen LogP contribution in [0.5, 0.6) is 0 Å². The smallest absolute Gasteiger partial charge is 0.371 e. The molecule has 0 aromatic carbocycles. The molecule has 1 aromatic rings. The van der Waals surface area contributed by atoms with Crippen LogP contribution in [0.25, 0.3) is 0 Å². The van der Waals surface area contributed by atoms with Gasteiger partial charge in [0.15, 0.2) is 4.67 Å². The van der Waals surface area contributed by atoms with E-state index >= 15 is 0 Å². The van der Waals surface area contributed by atoms with Crippen LogP contribution >= 0.6 is 15.9 Å². The number of hydrogen-bond acceptors (Lipinski definition) is 4. The van der Waals surface area contributed by atoms with Crippen molar-refractivity contribution >= 4 is 31.9 Å². The highest BCUT2D eigenvalue weighted by Crippen LogP contribution is 2.25. The van der Waals surface area contributed by atoms with Crippen LogP contribution in [0.4, 0.5) is 0 Å². The van der Waals surface area contributed by atoms with E-state index < -0.39 is 21.8 Å². The maximum atomic E-state index is 11.9. The lowest BCUT2D eigenvalue weighted by Gasteiger charge is -2.04. The van der Waals surface area contributed by atoms with Gasteiger partial charge >= 0.3 is 5.97 Å². The fraction of sp³-hybridized carbons (Fsp3) is 0.500. The van der Waals surface area contributed by atoms with Crippen LogP contribution in [0.2, 0.25) is 0 Å². The summed E-state index contributed by atoms with van der Waals surface area (Å²) in [5.41, 5.74) is 0. The molecule has 0 bridgehead atoms. The van der Waals surface area contributed by atoms with Crippen LogP contribution in [-0.2, 0) is 10.0 Å². The van der Waals surface area contributed by atoms with E-state index in [1.54, 1.807) is 0 Å². The summed E-state index contributed by atoms with van der Waals surface area (Å²) in [4.78, 5) is 10.5. The fourth-order valence-electron chi connectivity index (χ4n) is 1.30. The second-order valence-electron chi connectivity index (χ2n) is 3.66. The molecule has 0 radical (unpaired) electrons. The summed E-state index contributed by atoms with van der Waals surface area (Å²) < 4.78 is 30.8. The van der Waals surface area contributed by atoms with Gasteiger partial charge in [-0.2, -0.15) is 0 Å². The molecule has 0 atom stereocenters. The molecule has 0 saturated carbocycles. The normalized spacial score (nSPS) is 11.7. The van der Waals surface area contributed by atoms with E-state index in [1.807, 2.05) is 6.92 Å². The van der Waals surface area contributed by atoms with Gasteiger partial charge in [0.25, 0.3) is 0 Å². The fourth-order valence-corrected chi connectivity index (χ4v) is 3.31. The summed E-state index contributed by atoms with van der Waals surface area (Å²) in [5, 5.41) is 8.70. The Bertz CT molecular complexity index is 522. The minimum atomic E-state index is -3.74. The molecule has 18 heavy (non-hydrogen) atoms. The Morgan fingerprint density at radius 3 is 2.67 bits per heavy atom. The van der Waals surface area contributed by atoms with Crippen molar-refractivity contribution in [3.63, 3.8) is 0 Å². The summed E-state index contributed by atoms with van der Waals surface area (Å²) in [6, 6.07) is 0.981. The van der Waals surface area contributed by atoms with E-state index in [1.165, 1.54) is 0 Å². The van der Waals surface area contributed by atoms with Crippen molar-refractivity contribution in [2.75, 3.05) is 6.54 Å². The Labute approximate surface area is 114 Å². The first-order valence-corrected chi connectivity index (χ1v) is 7.68. The first-order valence-electron chi connectivity index (χ1n) is 5.40. The van der Waals surface area contributed by atoms with Crippen molar-refractivity contribution in [1.82, 2.24) is 4.72 Å². The van der Waals surface area contributed by atoms with Crippen LogP contribution in [0.3, 0.4) is 0 Å². The van der Waals surface area contributed by atoms with E-state index in [0.29, 0.717) is 6.54 Å². The van der Waals surface area contributed by atoms with Gasteiger partial charge in [-0.05, 0) is 22.4 Å². The first-order chi connectivity index (χ1) is 8.38. The number of nitrogens with one attached hydrogen (secondary N) is 1. The summed E-state index contributed by atoms with van der Waals surface area (Å²) in [6.45, 7) is 2.33. The predicted molar refractivity (Wildman–Crippen MR) is 68.1 cm³/mol. The summed E-state index contributed by atoms with van der Waals surface area (Å²) >= 11 is 2.89. The van der Waals surface area contributed by atoms with Crippen LogP contribution in [0.1, 0.15) is 36.7 Å². The zero-order chi connectivity index (χ0) is 13.8. The van der Waals surface area contributed by atoms with E-state index in [-0.39, 0.29) is 9.56 Å². The molecule has 0 spiro atoms. The van der Waals surface area contributed by atoms with Crippen molar-refractivity contribution in [1.29, 1.82) is 0 Å². The number of carbonyl (C=O) groups is 1. The van der Waals surface area contributed by atoms with Gasteiger partial charge in [-0.15, -0.1) is 0 Å². The molecule has 6 nitrogen and oxygen atoms in total. The number of sulfonamides is 1. The molecular weight excluding hydrogens is 326 g/mol. The third-order valence-corrected chi connectivity index (χ3v) is 4.55. The molecule has 2 N–H and O–H groups in total.